The quantitative estimate of drug-likeness (QED) is 0.554. The van der Waals surface area contributed by atoms with Crippen LogP contribution in [0.15, 0.2) is 17.1 Å². The number of aromatic nitrogens is 3. The van der Waals surface area contributed by atoms with E-state index >= 15 is 0 Å². The molecular weight excluding hydrogens is 488 g/mol. The Morgan fingerprint density at radius 1 is 1.18 bits per heavy atom. The predicted octanol–water partition coefficient (Wildman–Crippen LogP) is 1.77. The summed E-state index contributed by atoms with van der Waals surface area (Å²) in [7, 11) is 0. The molecule has 1 aliphatic carbocycles. The number of aromatic hydroxyl groups is 1. The van der Waals surface area contributed by atoms with E-state index in [1.807, 2.05) is 23.6 Å². The van der Waals surface area contributed by atoms with Gasteiger partial charge in [-0.2, -0.15) is 9.61 Å². The Bertz CT molecular complexity index is 1360. The Kier molecular flexibility index (Phi) is 6.79. The van der Waals surface area contributed by atoms with Crippen molar-refractivity contribution in [1.82, 2.24) is 29.3 Å². The third-order valence-corrected chi connectivity index (χ3v) is 8.01. The molecule has 3 aliphatic rings. The van der Waals surface area contributed by atoms with Gasteiger partial charge in [-0.1, -0.05) is 13.8 Å². The number of nitrogens with one attached hydrogen (secondary N) is 1. The van der Waals surface area contributed by atoms with Gasteiger partial charge in [-0.05, 0) is 50.5 Å². The van der Waals surface area contributed by atoms with Crippen molar-refractivity contribution in [2.45, 2.75) is 77.4 Å². The smallest absolute Gasteiger partial charge is 0.291 e. The number of amides is 3. The minimum atomic E-state index is -0.697. The first-order valence-electron chi connectivity index (χ1n) is 13.5. The molecular formula is C27H36N6O5. The summed E-state index contributed by atoms with van der Waals surface area (Å²) in [6.45, 7) is 7.82. The largest absolute Gasteiger partial charge is 0.494 e. The monoisotopic (exact) mass is 524 g/mol. The summed E-state index contributed by atoms with van der Waals surface area (Å²) in [5.74, 6) is -0.961. The summed E-state index contributed by atoms with van der Waals surface area (Å²) in [6, 6.07) is 0.0289. The highest BCUT2D eigenvalue weighted by Crippen LogP contribution is 2.38. The highest BCUT2D eigenvalue weighted by molar-refractivity contribution is 5.97. The van der Waals surface area contributed by atoms with E-state index in [1.54, 1.807) is 13.0 Å². The minimum Gasteiger partial charge on any atom is -0.494 e. The summed E-state index contributed by atoms with van der Waals surface area (Å²) in [5, 5.41) is 18.1. The number of likely N-dealkylation sites (tertiary alicyclic amines) is 2. The zero-order valence-electron chi connectivity index (χ0n) is 22.3. The Hall–Kier alpha value is -3.63. The van der Waals surface area contributed by atoms with Crippen LogP contribution in [-0.2, 0) is 16.1 Å². The van der Waals surface area contributed by atoms with Crippen molar-refractivity contribution in [2.75, 3.05) is 19.6 Å². The second-order valence-corrected chi connectivity index (χ2v) is 11.2. The van der Waals surface area contributed by atoms with Crippen molar-refractivity contribution in [3.05, 3.63) is 33.8 Å². The van der Waals surface area contributed by atoms with Crippen LogP contribution in [0.5, 0.6) is 5.88 Å². The van der Waals surface area contributed by atoms with Crippen molar-refractivity contribution in [2.24, 2.45) is 5.92 Å². The molecule has 0 atom stereocenters. The van der Waals surface area contributed by atoms with Crippen LogP contribution < -0.4 is 10.9 Å². The summed E-state index contributed by atoms with van der Waals surface area (Å²) in [4.78, 5) is 54.9. The molecule has 0 bridgehead atoms. The van der Waals surface area contributed by atoms with E-state index in [-0.39, 0.29) is 34.9 Å². The second-order valence-electron chi connectivity index (χ2n) is 11.2. The molecule has 204 valence electrons. The van der Waals surface area contributed by atoms with Crippen LogP contribution in [0, 0.1) is 5.92 Å². The molecule has 11 heteroatoms. The third kappa shape index (κ3) is 4.69. The van der Waals surface area contributed by atoms with E-state index < -0.39 is 17.3 Å². The highest BCUT2D eigenvalue weighted by atomic mass is 16.3. The highest BCUT2D eigenvalue weighted by Gasteiger charge is 2.45. The molecule has 3 amide bonds. The molecule has 0 radical (unpaired) electrons. The van der Waals surface area contributed by atoms with Crippen LogP contribution >= 0.6 is 0 Å². The molecule has 0 aromatic carbocycles. The van der Waals surface area contributed by atoms with E-state index in [4.69, 9.17) is 0 Å². The van der Waals surface area contributed by atoms with Gasteiger partial charge in [-0.15, -0.1) is 0 Å². The van der Waals surface area contributed by atoms with Crippen molar-refractivity contribution >= 4 is 29.4 Å². The number of piperidine rings is 1. The van der Waals surface area contributed by atoms with E-state index in [0.717, 1.165) is 43.0 Å². The van der Waals surface area contributed by atoms with Crippen LogP contribution in [0.3, 0.4) is 0 Å². The van der Waals surface area contributed by atoms with E-state index in [9.17, 15) is 24.3 Å². The molecule has 5 rings (SSSR count). The molecule has 0 unspecified atom stereocenters. The number of rotatable bonds is 6. The molecule has 11 nitrogen and oxygen atoms in total. The number of carbonyl (C=O) groups excluding carboxylic acids is 3. The van der Waals surface area contributed by atoms with E-state index in [0.29, 0.717) is 37.4 Å². The Morgan fingerprint density at radius 2 is 1.89 bits per heavy atom. The molecule has 3 fully saturated rings. The van der Waals surface area contributed by atoms with Crippen LogP contribution in [0.4, 0.5) is 0 Å². The zero-order chi connectivity index (χ0) is 27.2. The van der Waals surface area contributed by atoms with Gasteiger partial charge in [0.1, 0.15) is 5.65 Å². The van der Waals surface area contributed by atoms with Crippen molar-refractivity contribution < 1.29 is 19.5 Å². The van der Waals surface area contributed by atoms with Crippen molar-refractivity contribution in [3.8, 4) is 5.88 Å². The van der Waals surface area contributed by atoms with Crippen molar-refractivity contribution in [3.63, 3.8) is 0 Å². The van der Waals surface area contributed by atoms with Gasteiger partial charge in [0.05, 0.1) is 6.20 Å². The molecule has 4 heterocycles. The summed E-state index contributed by atoms with van der Waals surface area (Å²) >= 11 is 0. The number of carbonyl (C=O) groups is 3. The Balaban J connectivity index is 1.45. The molecule has 38 heavy (non-hydrogen) atoms. The fourth-order valence-corrected chi connectivity index (χ4v) is 5.84. The molecule has 2 aliphatic heterocycles. The van der Waals surface area contributed by atoms with Crippen molar-refractivity contribution in [1.29, 1.82) is 0 Å². The number of fused-ring (bicyclic) bond motifs is 1. The standard InChI is InChI=1S/C27H36N6O5/c1-17(2)16-31-24-19(15-28-33(24)26(38)22(25(31)37)23(36)29-20-6-7-20)5-8-21(35)32-12-4-9-27(32)10-13-30(14-11-27)18(3)34/h5,8,15,17,20,37H,4,6-7,9-14,16H2,1-3H3,(H,29,36). The lowest BCUT2D eigenvalue weighted by Crippen LogP contribution is -2.54. The van der Waals surface area contributed by atoms with Gasteiger partial charge in [0.15, 0.2) is 5.56 Å². The van der Waals surface area contributed by atoms with Gasteiger partial charge in [-0.25, -0.2) is 0 Å². The molecule has 1 saturated carbocycles. The van der Waals surface area contributed by atoms with E-state index in [1.165, 1.54) is 16.8 Å². The van der Waals surface area contributed by atoms with Gasteiger partial charge in [0.25, 0.3) is 11.5 Å². The first kappa shape index (κ1) is 26.0. The van der Waals surface area contributed by atoms with Gasteiger partial charge in [0, 0.05) is 56.3 Å². The zero-order valence-corrected chi connectivity index (χ0v) is 22.3. The summed E-state index contributed by atoms with van der Waals surface area (Å²) in [5.41, 5.74) is -0.427. The van der Waals surface area contributed by atoms with Gasteiger partial charge in [0.2, 0.25) is 17.7 Å². The topological polar surface area (TPSA) is 129 Å². The van der Waals surface area contributed by atoms with Crippen LogP contribution in [0.1, 0.15) is 75.2 Å². The maximum atomic E-state index is 13.4. The lowest BCUT2D eigenvalue weighted by Gasteiger charge is -2.44. The fraction of sp³-hybridized carbons (Fsp3) is 0.593. The Morgan fingerprint density at radius 3 is 2.53 bits per heavy atom. The van der Waals surface area contributed by atoms with Gasteiger partial charge < -0.3 is 20.2 Å². The number of hydrogen-bond acceptors (Lipinski definition) is 6. The normalized spacial score (nSPS) is 19.3. The van der Waals surface area contributed by atoms with Gasteiger partial charge >= 0.3 is 0 Å². The summed E-state index contributed by atoms with van der Waals surface area (Å²) < 4.78 is 2.66. The second kappa shape index (κ2) is 9.92. The fourth-order valence-electron chi connectivity index (χ4n) is 5.84. The molecule has 2 aromatic heterocycles. The maximum absolute atomic E-state index is 13.4. The van der Waals surface area contributed by atoms with Crippen LogP contribution in [0.25, 0.3) is 11.7 Å². The van der Waals surface area contributed by atoms with Crippen LogP contribution in [0.2, 0.25) is 0 Å². The van der Waals surface area contributed by atoms with E-state index in [2.05, 4.69) is 10.4 Å². The first-order chi connectivity index (χ1) is 18.1. The average Bonchev–Trinajstić information content (AvgIpc) is 3.43. The third-order valence-electron chi connectivity index (χ3n) is 8.01. The average molecular weight is 525 g/mol. The predicted molar refractivity (Wildman–Crippen MR) is 141 cm³/mol. The number of hydrogen-bond donors (Lipinski definition) is 2. The molecule has 2 saturated heterocycles. The van der Waals surface area contributed by atoms with Crippen LogP contribution in [-0.4, -0.2) is 78.0 Å². The lowest BCUT2D eigenvalue weighted by molar-refractivity contribution is -0.135. The molecule has 2 N–H and O–H groups in total. The lowest BCUT2D eigenvalue weighted by atomic mass is 9.85. The minimum absolute atomic E-state index is 0.0289. The molecule has 1 spiro atoms. The first-order valence-corrected chi connectivity index (χ1v) is 13.5. The molecule has 2 aromatic rings. The SMILES string of the molecule is CC(=O)N1CCC2(CCCN2C(=O)C=Cc2cnn3c(=O)c(C(=O)NC4CC4)c(O)n(CC(C)C)c23)CC1. The Labute approximate surface area is 221 Å². The summed E-state index contributed by atoms with van der Waals surface area (Å²) in [6.07, 6.45) is 9.67. The maximum Gasteiger partial charge on any atom is 0.291 e. The number of nitrogens with zero attached hydrogens (tertiary/aromatic N) is 5. The van der Waals surface area contributed by atoms with Gasteiger partial charge in [-0.3, -0.25) is 23.7 Å².